The number of alkyl halides is 3. The van der Waals surface area contributed by atoms with Gasteiger partial charge in [0.05, 0.1) is 0 Å². The first-order valence-corrected chi connectivity index (χ1v) is 5.77. The van der Waals surface area contributed by atoms with E-state index in [1.54, 1.807) is 13.8 Å². The minimum absolute atomic E-state index is 0.0445. The van der Waals surface area contributed by atoms with E-state index in [0.29, 0.717) is 13.0 Å². The molecule has 0 heterocycles. The molecule has 6 heteroatoms. The van der Waals surface area contributed by atoms with E-state index in [2.05, 4.69) is 0 Å². The van der Waals surface area contributed by atoms with E-state index in [1.807, 2.05) is 6.92 Å². The molecule has 0 aliphatic heterocycles. The van der Waals surface area contributed by atoms with Crippen molar-refractivity contribution in [2.45, 2.75) is 45.8 Å². The Morgan fingerprint density at radius 2 is 1.88 bits per heavy atom. The van der Waals surface area contributed by atoms with Gasteiger partial charge in [-0.15, -0.1) is 0 Å². The van der Waals surface area contributed by atoms with Crippen LogP contribution in [-0.4, -0.2) is 36.1 Å². The Balaban J connectivity index is 4.55. The van der Waals surface area contributed by atoms with Gasteiger partial charge < -0.3 is 10.6 Å². The summed E-state index contributed by atoms with van der Waals surface area (Å²) in [7, 11) is 0. The Labute approximate surface area is 100 Å². The van der Waals surface area contributed by atoms with Gasteiger partial charge >= 0.3 is 6.18 Å². The van der Waals surface area contributed by atoms with Crippen molar-refractivity contribution < 1.29 is 18.0 Å². The van der Waals surface area contributed by atoms with Crippen LogP contribution in [0.3, 0.4) is 0 Å². The smallest absolute Gasteiger partial charge is 0.331 e. The highest BCUT2D eigenvalue weighted by molar-refractivity contribution is 5.76. The van der Waals surface area contributed by atoms with Gasteiger partial charge in [-0.1, -0.05) is 13.3 Å². The number of nitrogens with zero attached hydrogens (tertiary/aromatic N) is 1. The lowest BCUT2D eigenvalue weighted by molar-refractivity contribution is -0.165. The maximum atomic E-state index is 12.3. The lowest BCUT2D eigenvalue weighted by atomic mass is 10.0. The molecule has 0 fully saturated rings. The Morgan fingerprint density at radius 3 is 2.18 bits per heavy atom. The number of carbonyl (C=O) groups is 1. The quantitative estimate of drug-likeness (QED) is 0.789. The van der Waals surface area contributed by atoms with Crippen LogP contribution in [0.25, 0.3) is 0 Å². The van der Waals surface area contributed by atoms with Crippen molar-refractivity contribution in [1.29, 1.82) is 0 Å². The Bertz CT molecular complexity index is 237. The Morgan fingerprint density at radius 1 is 1.35 bits per heavy atom. The van der Waals surface area contributed by atoms with Crippen molar-refractivity contribution in [3.63, 3.8) is 0 Å². The van der Waals surface area contributed by atoms with Gasteiger partial charge in [0.2, 0.25) is 5.91 Å². The van der Waals surface area contributed by atoms with Crippen molar-refractivity contribution in [3.8, 4) is 0 Å². The van der Waals surface area contributed by atoms with E-state index in [1.165, 1.54) is 0 Å². The third-order valence-corrected chi connectivity index (χ3v) is 2.67. The van der Waals surface area contributed by atoms with Crippen molar-refractivity contribution in [3.05, 3.63) is 0 Å². The molecule has 0 aromatic carbocycles. The first-order chi connectivity index (χ1) is 7.71. The summed E-state index contributed by atoms with van der Waals surface area (Å²) < 4.78 is 36.9. The second-order valence-electron chi connectivity index (χ2n) is 4.44. The summed E-state index contributed by atoms with van der Waals surface area (Å²) in [4.78, 5) is 12.6. The molecular weight excluding hydrogens is 233 g/mol. The van der Waals surface area contributed by atoms with Crippen LogP contribution >= 0.6 is 0 Å². The van der Waals surface area contributed by atoms with Crippen LogP contribution in [-0.2, 0) is 4.79 Å². The molecule has 102 valence electrons. The fourth-order valence-corrected chi connectivity index (χ4v) is 1.51. The minimum Gasteiger partial charge on any atom is -0.331 e. The third kappa shape index (κ3) is 6.51. The van der Waals surface area contributed by atoms with Gasteiger partial charge in [0.15, 0.2) is 0 Å². The number of hydrogen-bond acceptors (Lipinski definition) is 2. The van der Waals surface area contributed by atoms with Gasteiger partial charge in [0.25, 0.3) is 0 Å². The highest BCUT2D eigenvalue weighted by atomic mass is 19.4. The number of hydrogen-bond donors (Lipinski definition) is 1. The topological polar surface area (TPSA) is 46.3 Å². The summed E-state index contributed by atoms with van der Waals surface area (Å²) in [6.07, 6.45) is -3.58. The monoisotopic (exact) mass is 254 g/mol. The molecule has 0 saturated heterocycles. The van der Waals surface area contributed by atoms with Crippen LogP contribution in [0.4, 0.5) is 13.2 Å². The van der Waals surface area contributed by atoms with Crippen molar-refractivity contribution in [2.75, 3.05) is 13.1 Å². The molecule has 0 rings (SSSR count). The molecule has 1 unspecified atom stereocenters. The molecule has 0 aromatic heterocycles. The number of rotatable bonds is 6. The summed E-state index contributed by atoms with van der Waals surface area (Å²) >= 11 is 0. The average Bonchev–Trinajstić information content (AvgIpc) is 2.20. The molecule has 3 nitrogen and oxygen atoms in total. The van der Waals surface area contributed by atoms with Crippen LogP contribution in [0.1, 0.15) is 33.6 Å². The highest BCUT2D eigenvalue weighted by Crippen LogP contribution is 2.20. The zero-order chi connectivity index (χ0) is 13.6. The molecular formula is C11H21F3N2O. The fraction of sp³-hybridized carbons (Fsp3) is 0.909. The van der Waals surface area contributed by atoms with Gasteiger partial charge in [-0.05, 0) is 26.3 Å². The van der Waals surface area contributed by atoms with E-state index < -0.39 is 24.7 Å². The molecule has 0 saturated carbocycles. The van der Waals surface area contributed by atoms with Crippen molar-refractivity contribution >= 4 is 5.91 Å². The molecule has 0 aliphatic rings. The molecule has 17 heavy (non-hydrogen) atoms. The summed E-state index contributed by atoms with van der Waals surface area (Å²) in [5.41, 5.74) is 5.44. The first-order valence-electron chi connectivity index (χ1n) is 5.77. The van der Waals surface area contributed by atoms with E-state index in [0.717, 1.165) is 4.90 Å². The van der Waals surface area contributed by atoms with Crippen LogP contribution in [0, 0.1) is 5.92 Å². The van der Waals surface area contributed by atoms with Gasteiger partial charge in [0.1, 0.15) is 6.54 Å². The molecule has 0 aliphatic carbocycles. The number of halogens is 3. The average molecular weight is 254 g/mol. The third-order valence-electron chi connectivity index (χ3n) is 2.67. The minimum atomic E-state index is -4.36. The van der Waals surface area contributed by atoms with Crippen LogP contribution in [0.5, 0.6) is 0 Å². The van der Waals surface area contributed by atoms with E-state index in [-0.39, 0.29) is 12.3 Å². The van der Waals surface area contributed by atoms with Crippen LogP contribution in [0.15, 0.2) is 0 Å². The molecule has 0 bridgehead atoms. The zero-order valence-electron chi connectivity index (χ0n) is 10.5. The van der Waals surface area contributed by atoms with Crippen molar-refractivity contribution in [2.24, 2.45) is 11.7 Å². The predicted molar refractivity (Wildman–Crippen MR) is 60.4 cm³/mol. The SMILES string of the molecule is CCC(CN)CC(=O)N(CC(F)(F)F)C(C)C. The van der Waals surface area contributed by atoms with Gasteiger partial charge in [-0.25, -0.2) is 0 Å². The highest BCUT2D eigenvalue weighted by Gasteiger charge is 2.34. The molecule has 1 amide bonds. The molecule has 1 atom stereocenters. The lowest BCUT2D eigenvalue weighted by Gasteiger charge is -2.29. The van der Waals surface area contributed by atoms with E-state index in [4.69, 9.17) is 5.73 Å². The summed E-state index contributed by atoms with van der Waals surface area (Å²) in [5.74, 6) is -0.522. The van der Waals surface area contributed by atoms with Gasteiger partial charge in [0, 0.05) is 12.5 Å². The second kappa shape index (κ2) is 6.83. The second-order valence-corrected chi connectivity index (χ2v) is 4.44. The van der Waals surface area contributed by atoms with Gasteiger partial charge in [-0.2, -0.15) is 13.2 Å². The predicted octanol–water partition coefficient (Wildman–Crippen LogP) is 2.16. The van der Waals surface area contributed by atoms with E-state index in [9.17, 15) is 18.0 Å². The zero-order valence-corrected chi connectivity index (χ0v) is 10.5. The molecule has 0 radical (unpaired) electrons. The number of nitrogens with two attached hydrogens (primary N) is 1. The summed E-state index contributed by atoms with van der Waals surface area (Å²) in [6, 6.07) is -0.459. The molecule has 0 spiro atoms. The molecule has 0 aromatic rings. The maximum Gasteiger partial charge on any atom is 0.406 e. The van der Waals surface area contributed by atoms with Gasteiger partial charge in [-0.3, -0.25) is 4.79 Å². The maximum absolute atomic E-state index is 12.3. The Kier molecular flexibility index (Phi) is 6.52. The number of amides is 1. The van der Waals surface area contributed by atoms with E-state index >= 15 is 0 Å². The van der Waals surface area contributed by atoms with Crippen LogP contribution in [0.2, 0.25) is 0 Å². The largest absolute Gasteiger partial charge is 0.406 e. The Hall–Kier alpha value is -0.780. The first kappa shape index (κ1) is 16.2. The molecule has 2 N–H and O–H groups in total. The fourth-order valence-electron chi connectivity index (χ4n) is 1.51. The standard InChI is InChI=1S/C11H21F3N2O/c1-4-9(6-15)5-10(17)16(8(2)3)7-11(12,13)14/h8-9H,4-7,15H2,1-3H3. The summed E-state index contributed by atoms with van der Waals surface area (Å²) in [5, 5.41) is 0. The lowest BCUT2D eigenvalue weighted by Crippen LogP contribution is -2.44. The number of carbonyl (C=O) groups excluding carboxylic acids is 1. The summed E-state index contributed by atoms with van der Waals surface area (Å²) in [6.45, 7) is 4.15. The normalized spacial score (nSPS) is 13.9. The van der Waals surface area contributed by atoms with Crippen molar-refractivity contribution in [1.82, 2.24) is 4.90 Å². The van der Waals surface area contributed by atoms with Crippen LogP contribution < -0.4 is 5.73 Å².